The lowest BCUT2D eigenvalue weighted by Crippen LogP contribution is -2.41. The monoisotopic (exact) mass is 296 g/mol. The van der Waals surface area contributed by atoms with E-state index in [1.54, 1.807) is 0 Å². The van der Waals surface area contributed by atoms with E-state index in [1.807, 2.05) is 0 Å². The average Bonchev–Trinajstić information content (AvgIpc) is 1.84. The van der Waals surface area contributed by atoms with Crippen molar-refractivity contribution in [2.45, 2.75) is 4.93 Å². The van der Waals surface area contributed by atoms with Crippen molar-refractivity contribution in [2.75, 3.05) is 10.7 Å². The zero-order valence-electron chi connectivity index (χ0n) is 4.79. The van der Waals surface area contributed by atoms with Gasteiger partial charge in [0.2, 0.25) is 4.93 Å². The number of hydrogen-bond donors (Lipinski definition) is 2. The fraction of sp³-hybridized carbons (Fsp3) is 1.00. The summed E-state index contributed by atoms with van der Waals surface area (Å²) in [5.41, 5.74) is 0. The molecule has 0 aromatic heterocycles. The van der Waals surface area contributed by atoms with E-state index in [0.717, 1.165) is 0 Å². The fourth-order valence-corrected chi connectivity index (χ4v) is 3.11. The van der Waals surface area contributed by atoms with Crippen LogP contribution in [0.4, 0.5) is 0 Å². The standard InChI is InChI=1S/C3H6Br2O4S/c4-1-3(6,2-5)10(7,8)9/h6H,1-2H2,(H,7,8,9). The molecule has 0 bridgehead atoms. The second kappa shape index (κ2) is 3.48. The Morgan fingerprint density at radius 3 is 1.60 bits per heavy atom. The summed E-state index contributed by atoms with van der Waals surface area (Å²) in [5, 5.41) is 8.57. The van der Waals surface area contributed by atoms with Crippen LogP contribution in [0.2, 0.25) is 0 Å². The first-order valence-corrected chi connectivity index (χ1v) is 5.87. The molecule has 0 saturated heterocycles. The van der Waals surface area contributed by atoms with E-state index in [0.29, 0.717) is 0 Å². The van der Waals surface area contributed by atoms with Crippen LogP contribution >= 0.6 is 31.9 Å². The average molecular weight is 298 g/mol. The summed E-state index contributed by atoms with van der Waals surface area (Å²) in [7, 11) is -4.40. The van der Waals surface area contributed by atoms with Gasteiger partial charge >= 0.3 is 0 Å². The van der Waals surface area contributed by atoms with E-state index in [4.69, 9.17) is 9.66 Å². The van der Waals surface area contributed by atoms with Gasteiger partial charge in [0, 0.05) is 10.7 Å². The maximum atomic E-state index is 10.4. The van der Waals surface area contributed by atoms with E-state index in [2.05, 4.69) is 31.9 Å². The van der Waals surface area contributed by atoms with Crippen LogP contribution in [0, 0.1) is 0 Å². The van der Waals surface area contributed by atoms with E-state index >= 15 is 0 Å². The van der Waals surface area contributed by atoms with Gasteiger partial charge in [0.25, 0.3) is 10.1 Å². The molecular weight excluding hydrogens is 292 g/mol. The number of alkyl halides is 2. The minimum Gasteiger partial charge on any atom is -0.371 e. The fourth-order valence-electron chi connectivity index (χ4n) is 0.174. The molecule has 0 unspecified atom stereocenters. The highest BCUT2D eigenvalue weighted by molar-refractivity contribution is 9.10. The summed E-state index contributed by atoms with van der Waals surface area (Å²) in [6.45, 7) is 0. The summed E-state index contributed by atoms with van der Waals surface area (Å²) >= 11 is 5.50. The first-order valence-electron chi connectivity index (χ1n) is 2.19. The Balaban J connectivity index is 4.68. The van der Waals surface area contributed by atoms with E-state index in [9.17, 15) is 8.42 Å². The molecule has 7 heteroatoms. The number of hydrogen-bond acceptors (Lipinski definition) is 3. The minimum absolute atomic E-state index is 0.232. The van der Waals surface area contributed by atoms with Crippen molar-refractivity contribution < 1.29 is 18.1 Å². The highest BCUT2D eigenvalue weighted by Gasteiger charge is 2.38. The van der Waals surface area contributed by atoms with Crippen LogP contribution in [0.25, 0.3) is 0 Å². The molecule has 0 amide bonds. The molecular formula is C3H6Br2O4S. The molecule has 0 spiro atoms. The number of halogens is 2. The Bertz CT molecular complexity index is 195. The van der Waals surface area contributed by atoms with Crippen molar-refractivity contribution in [1.82, 2.24) is 0 Å². The Kier molecular flexibility index (Phi) is 3.77. The molecule has 0 aliphatic rings. The lowest BCUT2D eigenvalue weighted by atomic mass is 10.5. The van der Waals surface area contributed by atoms with Gasteiger partial charge in [0.05, 0.1) is 0 Å². The molecule has 4 nitrogen and oxygen atoms in total. The molecule has 0 fully saturated rings. The van der Waals surface area contributed by atoms with Gasteiger partial charge in [0.1, 0.15) is 0 Å². The molecule has 0 atom stereocenters. The Labute approximate surface area is 75.6 Å². The quantitative estimate of drug-likeness (QED) is 0.582. The summed E-state index contributed by atoms with van der Waals surface area (Å²) in [5.74, 6) is 0. The van der Waals surface area contributed by atoms with Crippen LogP contribution < -0.4 is 0 Å². The molecule has 0 aliphatic heterocycles. The molecule has 0 saturated carbocycles. The van der Waals surface area contributed by atoms with Gasteiger partial charge in [-0.25, -0.2) is 0 Å². The third kappa shape index (κ3) is 2.16. The normalized spacial score (nSPS) is 13.6. The lowest BCUT2D eigenvalue weighted by molar-refractivity contribution is 0.164. The topological polar surface area (TPSA) is 74.6 Å². The third-order valence-corrected chi connectivity index (χ3v) is 4.74. The second-order valence-electron chi connectivity index (χ2n) is 1.69. The summed E-state index contributed by atoms with van der Waals surface area (Å²) in [6.07, 6.45) is 0. The summed E-state index contributed by atoms with van der Waals surface area (Å²) in [6, 6.07) is 0. The van der Waals surface area contributed by atoms with Crippen molar-refractivity contribution in [3.63, 3.8) is 0 Å². The Morgan fingerprint density at radius 2 is 1.60 bits per heavy atom. The van der Waals surface area contributed by atoms with Crippen molar-refractivity contribution in [3.05, 3.63) is 0 Å². The molecule has 0 aromatic carbocycles. The highest BCUT2D eigenvalue weighted by Crippen LogP contribution is 2.17. The second-order valence-corrected chi connectivity index (χ2v) is 4.52. The first kappa shape index (κ1) is 10.8. The molecule has 0 rings (SSSR count). The van der Waals surface area contributed by atoms with Crippen molar-refractivity contribution in [3.8, 4) is 0 Å². The van der Waals surface area contributed by atoms with Crippen LogP contribution in [0.1, 0.15) is 0 Å². The molecule has 2 N–H and O–H groups in total. The van der Waals surface area contributed by atoms with Gasteiger partial charge in [0.15, 0.2) is 0 Å². The molecule has 62 valence electrons. The maximum Gasteiger partial charge on any atom is 0.296 e. The van der Waals surface area contributed by atoms with E-state index < -0.39 is 15.1 Å². The number of rotatable bonds is 3. The molecule has 10 heavy (non-hydrogen) atoms. The van der Waals surface area contributed by atoms with Gasteiger partial charge in [-0.1, -0.05) is 31.9 Å². The minimum atomic E-state index is -4.40. The van der Waals surface area contributed by atoms with E-state index in [-0.39, 0.29) is 10.7 Å². The first-order chi connectivity index (χ1) is 4.37. The molecule has 0 heterocycles. The van der Waals surface area contributed by atoms with Gasteiger partial charge in [-0.3, -0.25) is 4.55 Å². The van der Waals surface area contributed by atoms with Crippen molar-refractivity contribution in [1.29, 1.82) is 0 Å². The zero-order valence-corrected chi connectivity index (χ0v) is 8.78. The van der Waals surface area contributed by atoms with Crippen molar-refractivity contribution >= 4 is 42.0 Å². The van der Waals surface area contributed by atoms with Crippen LogP contribution in [-0.2, 0) is 10.1 Å². The Morgan fingerprint density at radius 1 is 1.30 bits per heavy atom. The predicted octanol–water partition coefficient (Wildman–Crippen LogP) is 0.353. The van der Waals surface area contributed by atoms with Crippen molar-refractivity contribution in [2.24, 2.45) is 0 Å². The van der Waals surface area contributed by atoms with Gasteiger partial charge < -0.3 is 5.11 Å². The van der Waals surface area contributed by atoms with Crippen LogP contribution in [0.5, 0.6) is 0 Å². The lowest BCUT2D eigenvalue weighted by Gasteiger charge is -2.18. The van der Waals surface area contributed by atoms with Crippen LogP contribution in [0.15, 0.2) is 0 Å². The summed E-state index contributed by atoms with van der Waals surface area (Å²) < 4.78 is 29.1. The molecule has 0 radical (unpaired) electrons. The molecule has 0 aliphatic carbocycles. The van der Waals surface area contributed by atoms with E-state index in [1.165, 1.54) is 0 Å². The molecule has 0 aromatic rings. The van der Waals surface area contributed by atoms with Gasteiger partial charge in [-0.05, 0) is 0 Å². The van der Waals surface area contributed by atoms with Crippen LogP contribution in [-0.4, -0.2) is 33.7 Å². The largest absolute Gasteiger partial charge is 0.371 e. The van der Waals surface area contributed by atoms with Gasteiger partial charge in [-0.2, -0.15) is 8.42 Å². The summed E-state index contributed by atoms with van der Waals surface area (Å²) in [4.78, 5) is -2.12. The smallest absolute Gasteiger partial charge is 0.296 e. The zero-order chi connectivity index (χ0) is 8.41. The Hall–Kier alpha value is 0.830. The number of aliphatic hydroxyl groups is 1. The van der Waals surface area contributed by atoms with Gasteiger partial charge in [-0.15, -0.1) is 0 Å². The third-order valence-electron chi connectivity index (χ3n) is 0.898. The maximum absolute atomic E-state index is 10.4. The van der Waals surface area contributed by atoms with Crippen LogP contribution in [0.3, 0.4) is 0 Å². The predicted molar refractivity (Wildman–Crippen MR) is 44.1 cm³/mol. The SMILES string of the molecule is O=S(=O)(O)C(O)(CBr)CBr. The highest BCUT2D eigenvalue weighted by atomic mass is 79.9.